The first kappa shape index (κ1) is 25.1. The molecule has 0 atom stereocenters. The Morgan fingerprint density at radius 3 is 2.02 bits per heavy atom. The van der Waals surface area contributed by atoms with Crippen molar-refractivity contribution in [1.29, 1.82) is 0 Å². The molecule has 10 aromatic rings. The third kappa shape index (κ3) is 3.67. The molecule has 4 nitrogen and oxygen atoms in total. The van der Waals surface area contributed by atoms with Crippen LogP contribution in [0.3, 0.4) is 0 Å². The minimum absolute atomic E-state index is 0.808. The van der Waals surface area contributed by atoms with Crippen molar-refractivity contribution in [3.05, 3.63) is 152 Å². The lowest BCUT2D eigenvalue weighted by atomic mass is 9.99. The molecule has 0 spiro atoms. The van der Waals surface area contributed by atoms with Gasteiger partial charge in [-0.3, -0.25) is 4.57 Å². The summed E-state index contributed by atoms with van der Waals surface area (Å²) in [5.41, 5.74) is 9.81. The van der Waals surface area contributed by atoms with Gasteiger partial charge in [-0.05, 0) is 58.8 Å². The highest BCUT2D eigenvalue weighted by molar-refractivity contribution is 6.18. The summed E-state index contributed by atoms with van der Waals surface area (Å²) in [5, 5.41) is 6.96. The summed E-state index contributed by atoms with van der Waals surface area (Å²) in [4.78, 5) is 10.6. The quantitative estimate of drug-likeness (QED) is 0.207. The Bertz CT molecular complexity index is 2810. The molecule has 10 rings (SSSR count). The predicted molar refractivity (Wildman–Crippen MR) is 190 cm³/mol. The smallest absolute Gasteiger partial charge is 0.165 e. The molecule has 0 N–H and O–H groups in total. The highest BCUT2D eigenvalue weighted by Crippen LogP contribution is 2.42. The van der Waals surface area contributed by atoms with Crippen molar-refractivity contribution in [3.63, 3.8) is 0 Å². The normalized spacial score (nSPS) is 11.9. The van der Waals surface area contributed by atoms with E-state index >= 15 is 0 Å². The van der Waals surface area contributed by atoms with E-state index in [4.69, 9.17) is 14.4 Å². The molecule has 0 radical (unpaired) electrons. The molecule has 0 aliphatic rings. The number of para-hydroxylation sites is 4. The Morgan fingerprint density at radius 2 is 1.15 bits per heavy atom. The van der Waals surface area contributed by atoms with E-state index in [0.29, 0.717) is 0 Å². The molecule has 0 aliphatic heterocycles. The van der Waals surface area contributed by atoms with Gasteiger partial charge in [-0.2, -0.15) is 0 Å². The second-order valence-corrected chi connectivity index (χ2v) is 11.8. The van der Waals surface area contributed by atoms with Crippen LogP contribution in [0, 0.1) is 0 Å². The zero-order chi connectivity index (χ0) is 30.2. The summed E-state index contributed by atoms with van der Waals surface area (Å²) in [6, 6.07) is 53.1. The molecule has 0 saturated heterocycles. The van der Waals surface area contributed by atoms with E-state index < -0.39 is 0 Å². The van der Waals surface area contributed by atoms with Gasteiger partial charge >= 0.3 is 0 Å². The van der Waals surface area contributed by atoms with Gasteiger partial charge in [0.25, 0.3) is 0 Å². The van der Waals surface area contributed by atoms with Crippen LogP contribution < -0.4 is 0 Å². The van der Waals surface area contributed by atoms with Crippen LogP contribution in [0.2, 0.25) is 0 Å². The van der Waals surface area contributed by atoms with E-state index in [2.05, 4.69) is 114 Å². The molecule has 0 fully saturated rings. The molecule has 0 saturated carbocycles. The first-order chi connectivity index (χ1) is 22.8. The van der Waals surface area contributed by atoms with Crippen LogP contribution in [0.5, 0.6) is 0 Å². The van der Waals surface area contributed by atoms with E-state index in [-0.39, 0.29) is 0 Å². The predicted octanol–water partition coefficient (Wildman–Crippen LogP) is 11.1. The first-order valence-electron chi connectivity index (χ1n) is 15.5. The average molecular weight is 588 g/mol. The Labute approximate surface area is 263 Å². The molecule has 0 amide bonds. The number of fused-ring (bicyclic) bond motifs is 8. The van der Waals surface area contributed by atoms with Crippen LogP contribution >= 0.6 is 0 Å². The molecule has 7 aromatic carbocycles. The number of rotatable bonds is 3. The van der Waals surface area contributed by atoms with Crippen molar-refractivity contribution < 1.29 is 4.42 Å². The summed E-state index contributed by atoms with van der Waals surface area (Å²) in [6.07, 6.45) is 0. The summed E-state index contributed by atoms with van der Waals surface area (Å²) in [7, 11) is 0. The number of nitrogens with zero attached hydrogens (tertiary/aromatic N) is 3. The summed E-state index contributed by atoms with van der Waals surface area (Å²) in [5.74, 6) is 0.808. The molecule has 3 heterocycles. The van der Waals surface area contributed by atoms with Crippen LogP contribution in [-0.4, -0.2) is 14.5 Å². The number of aromatic nitrogens is 3. The average Bonchev–Trinajstić information content (AvgIpc) is 3.65. The van der Waals surface area contributed by atoms with Gasteiger partial charge in [-0.15, -0.1) is 0 Å². The van der Waals surface area contributed by atoms with E-state index in [1.807, 2.05) is 42.5 Å². The highest BCUT2D eigenvalue weighted by Gasteiger charge is 2.22. The van der Waals surface area contributed by atoms with Crippen molar-refractivity contribution in [3.8, 4) is 28.2 Å². The summed E-state index contributed by atoms with van der Waals surface area (Å²) in [6.45, 7) is 0. The lowest BCUT2D eigenvalue weighted by Crippen LogP contribution is -2.04. The molecule has 3 aromatic heterocycles. The van der Waals surface area contributed by atoms with Crippen LogP contribution in [-0.2, 0) is 0 Å². The summed E-state index contributed by atoms with van der Waals surface area (Å²) >= 11 is 0. The van der Waals surface area contributed by atoms with E-state index in [1.165, 1.54) is 21.5 Å². The van der Waals surface area contributed by atoms with Crippen molar-refractivity contribution >= 4 is 65.6 Å². The molecule has 0 bridgehead atoms. The van der Waals surface area contributed by atoms with E-state index in [1.54, 1.807) is 0 Å². The molecular weight excluding hydrogens is 562 g/mol. The second-order valence-electron chi connectivity index (χ2n) is 11.8. The number of benzene rings is 7. The maximum atomic E-state index is 6.20. The van der Waals surface area contributed by atoms with Crippen molar-refractivity contribution in [2.75, 3.05) is 0 Å². The summed E-state index contributed by atoms with van der Waals surface area (Å²) < 4.78 is 8.54. The minimum Gasteiger partial charge on any atom is -0.456 e. The van der Waals surface area contributed by atoms with E-state index in [0.717, 1.165) is 72.2 Å². The lowest BCUT2D eigenvalue weighted by molar-refractivity contribution is 0.669. The maximum Gasteiger partial charge on any atom is 0.165 e. The van der Waals surface area contributed by atoms with Gasteiger partial charge in [0, 0.05) is 32.7 Å². The molecule has 4 heteroatoms. The number of furan rings is 1. The molecule has 46 heavy (non-hydrogen) atoms. The van der Waals surface area contributed by atoms with Crippen LogP contribution in [0.1, 0.15) is 0 Å². The van der Waals surface area contributed by atoms with Crippen molar-refractivity contribution in [1.82, 2.24) is 14.5 Å². The minimum atomic E-state index is 0.808. The van der Waals surface area contributed by atoms with Gasteiger partial charge in [0.15, 0.2) is 5.82 Å². The fraction of sp³-hybridized carbons (Fsp3) is 0. The van der Waals surface area contributed by atoms with Crippen LogP contribution in [0.15, 0.2) is 156 Å². The molecule has 0 aliphatic carbocycles. The lowest BCUT2D eigenvalue weighted by Gasteiger charge is -2.15. The molecule has 0 unspecified atom stereocenters. The topological polar surface area (TPSA) is 43.9 Å². The zero-order valence-electron chi connectivity index (χ0n) is 24.7. The van der Waals surface area contributed by atoms with Crippen molar-refractivity contribution in [2.24, 2.45) is 0 Å². The third-order valence-corrected chi connectivity index (χ3v) is 9.15. The maximum absolute atomic E-state index is 6.20. The third-order valence-electron chi connectivity index (χ3n) is 9.15. The van der Waals surface area contributed by atoms with Crippen LogP contribution in [0.4, 0.5) is 0 Å². The molecular formula is C42H25N3O. The van der Waals surface area contributed by atoms with Crippen LogP contribution in [0.25, 0.3) is 93.8 Å². The fourth-order valence-corrected chi connectivity index (χ4v) is 7.03. The SMILES string of the molecule is c1ccc(-c2nc3ccccc3nc2-n2c3cc4ccccc4cc3c3cccc(-c4ccc5oc6ccccc6c5c4)c32)cc1. The van der Waals surface area contributed by atoms with Gasteiger partial charge in [-0.1, -0.05) is 109 Å². The second kappa shape index (κ2) is 9.62. The van der Waals surface area contributed by atoms with E-state index in [9.17, 15) is 0 Å². The van der Waals surface area contributed by atoms with Gasteiger partial charge in [0.1, 0.15) is 16.9 Å². The number of hydrogen-bond donors (Lipinski definition) is 0. The highest BCUT2D eigenvalue weighted by atomic mass is 16.3. The first-order valence-corrected chi connectivity index (χ1v) is 15.5. The zero-order valence-corrected chi connectivity index (χ0v) is 24.7. The Hall–Kier alpha value is -6.26. The van der Waals surface area contributed by atoms with Gasteiger partial charge < -0.3 is 4.42 Å². The van der Waals surface area contributed by atoms with Gasteiger partial charge in [-0.25, -0.2) is 9.97 Å². The molecule has 214 valence electrons. The van der Waals surface area contributed by atoms with Gasteiger partial charge in [0.2, 0.25) is 0 Å². The Morgan fingerprint density at radius 1 is 0.457 bits per heavy atom. The number of hydrogen-bond acceptors (Lipinski definition) is 3. The largest absolute Gasteiger partial charge is 0.456 e. The van der Waals surface area contributed by atoms with Gasteiger partial charge in [0.05, 0.1) is 22.1 Å². The fourth-order valence-electron chi connectivity index (χ4n) is 7.03. The monoisotopic (exact) mass is 587 g/mol. The Balaban J connectivity index is 1.38. The Kier molecular flexibility index (Phi) is 5.25. The standard InChI is InChI=1S/C42H25N3O/c1-2-11-26(12-3-1)40-42(44-36-19-8-7-18-35(36)43-40)45-37-25-28-14-5-4-13-27(28)23-33(37)32-17-10-16-30(41(32)45)29-21-22-39-34(24-29)31-15-6-9-20-38(31)46-39/h1-25H. The van der Waals surface area contributed by atoms with Crippen molar-refractivity contribution in [2.45, 2.75) is 0 Å².